The first-order valence-corrected chi connectivity index (χ1v) is 11.3. The molecule has 0 bridgehead atoms. The Morgan fingerprint density at radius 3 is 2.58 bits per heavy atom. The van der Waals surface area contributed by atoms with Crippen molar-refractivity contribution >= 4 is 44.1 Å². The summed E-state index contributed by atoms with van der Waals surface area (Å²) in [6.07, 6.45) is 4.23. The van der Waals surface area contributed by atoms with E-state index in [1.165, 1.54) is 41.1 Å². The molecule has 11 heteroatoms. The lowest BCUT2D eigenvalue weighted by Gasteiger charge is -2.34. The molecule has 31 heavy (non-hydrogen) atoms. The number of aromatic amines is 1. The first-order chi connectivity index (χ1) is 14.5. The average molecular weight is 486 g/mol. The molecule has 0 radical (unpaired) electrons. The van der Waals surface area contributed by atoms with Gasteiger partial charge in [0.1, 0.15) is 10.1 Å². The minimum Gasteiger partial charge on any atom is -0.280 e. The summed E-state index contributed by atoms with van der Waals surface area (Å²) in [5, 5.41) is 6.89. The van der Waals surface area contributed by atoms with Crippen LogP contribution in [0.15, 0.2) is 64.5 Å². The lowest BCUT2D eigenvalue weighted by atomic mass is 9.90. The van der Waals surface area contributed by atoms with Crippen LogP contribution in [0.4, 0.5) is 8.78 Å². The number of halogens is 4. The van der Waals surface area contributed by atoms with Gasteiger partial charge in [-0.15, -0.1) is 11.6 Å². The number of alkyl halides is 1. The molecule has 0 spiro atoms. The highest BCUT2D eigenvalue weighted by Gasteiger charge is 2.47. The molecule has 6 nitrogen and oxygen atoms in total. The second kappa shape index (κ2) is 7.59. The van der Waals surface area contributed by atoms with Crippen molar-refractivity contribution in [3.63, 3.8) is 0 Å². The molecular formula is C20H15Cl2F2N3O3S. The van der Waals surface area contributed by atoms with Gasteiger partial charge in [0.2, 0.25) is 10.0 Å². The highest BCUT2D eigenvalue weighted by atomic mass is 35.5. The molecular weight excluding hydrogens is 471 g/mol. The molecule has 3 N–H and O–H groups in total. The number of aromatic nitrogens is 2. The van der Waals surface area contributed by atoms with Gasteiger partial charge in [-0.05, 0) is 41.5 Å². The molecule has 162 valence electrons. The van der Waals surface area contributed by atoms with Gasteiger partial charge in [0.05, 0.1) is 17.4 Å². The molecule has 0 saturated carbocycles. The van der Waals surface area contributed by atoms with Crippen molar-refractivity contribution in [1.29, 1.82) is 0 Å². The van der Waals surface area contributed by atoms with E-state index in [2.05, 4.69) is 5.10 Å². The van der Waals surface area contributed by atoms with Crippen LogP contribution in [-0.2, 0) is 21.4 Å². The highest BCUT2D eigenvalue weighted by Crippen LogP contribution is 2.47. The summed E-state index contributed by atoms with van der Waals surface area (Å²) in [7, 11) is -4.12. The number of hydrogen-bond donors (Lipinski definition) is 2. The van der Waals surface area contributed by atoms with Gasteiger partial charge >= 0.3 is 0 Å². The van der Waals surface area contributed by atoms with Gasteiger partial charge in [-0.25, -0.2) is 22.3 Å². The maximum Gasteiger partial charge on any atom is 0.271 e. The Morgan fingerprint density at radius 1 is 1.16 bits per heavy atom. The number of nitrogens with one attached hydrogen (secondary N) is 1. The Balaban J connectivity index is 1.81. The molecule has 4 rings (SSSR count). The van der Waals surface area contributed by atoms with Crippen LogP contribution in [0.3, 0.4) is 0 Å². The highest BCUT2D eigenvalue weighted by molar-refractivity contribution is 7.90. The maximum absolute atomic E-state index is 13.5. The molecule has 0 aliphatic heterocycles. The number of hydrogen-bond acceptors (Lipinski definition) is 3. The largest absolute Gasteiger partial charge is 0.280 e. The van der Waals surface area contributed by atoms with Gasteiger partial charge in [-0.2, -0.15) is 0 Å². The van der Waals surface area contributed by atoms with E-state index in [0.29, 0.717) is 11.1 Å². The molecule has 3 aromatic rings. The molecule has 1 aromatic heterocycles. The molecule has 2 atom stereocenters. The number of nitrogens with zero attached hydrogens (tertiary/aromatic N) is 1. The summed E-state index contributed by atoms with van der Waals surface area (Å²) >= 11 is 13.0. The topological polar surface area (TPSA) is 98.0 Å². The third kappa shape index (κ3) is 3.71. The van der Waals surface area contributed by atoms with Crippen molar-refractivity contribution in [2.45, 2.75) is 16.7 Å². The Kier molecular flexibility index (Phi) is 5.33. The second-order valence-corrected chi connectivity index (χ2v) is 9.82. The lowest BCUT2D eigenvalue weighted by Crippen LogP contribution is -2.44. The van der Waals surface area contributed by atoms with Crippen LogP contribution < -0.4 is 10.7 Å². The number of benzene rings is 2. The number of H-pyrrole nitrogens is 1. The van der Waals surface area contributed by atoms with E-state index < -0.39 is 37.3 Å². The molecule has 2 aromatic carbocycles. The molecule has 1 heterocycles. The molecule has 1 aliphatic rings. The SMILES string of the molecule is NS(=O)(=O)C1C=CC=C(Cl)C1(Cl)c1ccc2c(c1)c(=O)[nH]n2Cc1ccc(F)c(F)c1. The predicted molar refractivity (Wildman–Crippen MR) is 116 cm³/mol. The quantitative estimate of drug-likeness (QED) is 0.553. The first kappa shape index (κ1) is 21.8. The summed E-state index contributed by atoms with van der Waals surface area (Å²) in [5.74, 6) is -1.97. The smallest absolute Gasteiger partial charge is 0.271 e. The van der Waals surface area contributed by atoms with E-state index in [0.717, 1.165) is 12.1 Å². The van der Waals surface area contributed by atoms with Gasteiger partial charge in [0, 0.05) is 5.03 Å². The van der Waals surface area contributed by atoms with Crippen molar-refractivity contribution in [2.75, 3.05) is 0 Å². The molecule has 2 unspecified atom stereocenters. The van der Waals surface area contributed by atoms with E-state index in [-0.39, 0.29) is 22.5 Å². The van der Waals surface area contributed by atoms with Crippen LogP contribution in [0.5, 0.6) is 0 Å². The fraction of sp³-hybridized carbons (Fsp3) is 0.150. The molecule has 1 aliphatic carbocycles. The summed E-state index contributed by atoms with van der Waals surface area (Å²) in [6, 6.07) is 7.99. The van der Waals surface area contributed by atoms with E-state index >= 15 is 0 Å². The minimum absolute atomic E-state index is 0.0349. The zero-order valence-electron chi connectivity index (χ0n) is 15.7. The number of sulfonamides is 1. The van der Waals surface area contributed by atoms with Gasteiger partial charge in [-0.1, -0.05) is 35.9 Å². The predicted octanol–water partition coefficient (Wildman–Crippen LogP) is 3.44. The first-order valence-electron chi connectivity index (χ1n) is 8.94. The zero-order valence-corrected chi connectivity index (χ0v) is 18.0. The lowest BCUT2D eigenvalue weighted by molar-refractivity contribution is 0.506. The van der Waals surface area contributed by atoms with Crippen molar-refractivity contribution < 1.29 is 17.2 Å². The standard InChI is InChI=1S/C20H15Cl2F2N3O3S/c21-17-2-1-3-18(31(25,29)30)20(17,22)12-5-7-16-13(9-12)19(28)26-27(16)10-11-4-6-14(23)15(24)8-11/h1-9,18H,10H2,(H,26,28)(H2,25,29,30). The van der Waals surface area contributed by atoms with Crippen molar-refractivity contribution in [3.8, 4) is 0 Å². The number of nitrogens with two attached hydrogens (primary N) is 1. The molecule has 0 fully saturated rings. The van der Waals surface area contributed by atoms with Gasteiger partial charge in [0.25, 0.3) is 5.56 Å². The Bertz CT molecular complexity index is 1430. The molecule has 0 amide bonds. The van der Waals surface area contributed by atoms with Crippen molar-refractivity contribution in [3.05, 3.63) is 92.8 Å². The van der Waals surface area contributed by atoms with E-state index in [4.69, 9.17) is 28.3 Å². The van der Waals surface area contributed by atoms with Gasteiger partial charge < -0.3 is 0 Å². The third-order valence-corrected chi connectivity index (χ3v) is 7.66. The van der Waals surface area contributed by atoms with E-state index in [1.54, 1.807) is 6.07 Å². The Labute approximate surface area is 185 Å². The van der Waals surface area contributed by atoms with Gasteiger partial charge in [-0.3, -0.25) is 14.6 Å². The second-order valence-electron chi connectivity index (χ2n) is 7.13. The van der Waals surface area contributed by atoms with Crippen LogP contribution in [0, 0.1) is 11.6 Å². The third-order valence-electron chi connectivity index (χ3n) is 5.14. The van der Waals surface area contributed by atoms with Crippen molar-refractivity contribution in [2.24, 2.45) is 5.14 Å². The normalized spacial score (nSPS) is 21.5. The number of rotatable bonds is 4. The fourth-order valence-electron chi connectivity index (χ4n) is 3.64. The number of primary sulfonamides is 1. The van der Waals surface area contributed by atoms with Crippen LogP contribution in [0.25, 0.3) is 10.9 Å². The fourth-order valence-corrected chi connectivity index (χ4v) is 5.65. The molecule has 0 saturated heterocycles. The summed E-state index contributed by atoms with van der Waals surface area (Å²) < 4.78 is 52.4. The maximum atomic E-state index is 13.5. The summed E-state index contributed by atoms with van der Waals surface area (Å²) in [5.41, 5.74) is 0.681. The number of allylic oxidation sites excluding steroid dienone is 3. The average Bonchev–Trinajstić information content (AvgIpc) is 3.01. The van der Waals surface area contributed by atoms with E-state index in [1.807, 2.05) is 0 Å². The van der Waals surface area contributed by atoms with Crippen LogP contribution >= 0.6 is 23.2 Å². The monoisotopic (exact) mass is 485 g/mol. The Morgan fingerprint density at radius 2 is 1.90 bits per heavy atom. The number of fused-ring (bicyclic) bond motifs is 1. The van der Waals surface area contributed by atoms with Crippen molar-refractivity contribution in [1.82, 2.24) is 9.78 Å². The van der Waals surface area contributed by atoms with Gasteiger partial charge in [0.15, 0.2) is 11.6 Å². The van der Waals surface area contributed by atoms with Crippen LogP contribution in [-0.4, -0.2) is 23.4 Å². The van der Waals surface area contributed by atoms with Crippen LogP contribution in [0.2, 0.25) is 0 Å². The zero-order chi connectivity index (χ0) is 22.6. The van der Waals surface area contributed by atoms with Crippen LogP contribution in [0.1, 0.15) is 11.1 Å². The summed E-state index contributed by atoms with van der Waals surface area (Å²) in [6.45, 7) is 0.0739. The summed E-state index contributed by atoms with van der Waals surface area (Å²) in [4.78, 5) is 10.8. The minimum atomic E-state index is -4.12. The van der Waals surface area contributed by atoms with E-state index in [9.17, 15) is 22.0 Å². The Hall–Kier alpha value is -2.46.